The number of benzene rings is 8. The zero-order chi connectivity index (χ0) is 68.0. The number of fused-ring (bicyclic) bond motifs is 3. The van der Waals surface area contributed by atoms with Gasteiger partial charge in [-0.25, -0.2) is 9.97 Å². The first-order chi connectivity index (χ1) is 47.4. The van der Waals surface area contributed by atoms with Gasteiger partial charge in [-0.3, -0.25) is 23.9 Å². The number of ketones is 3. The molecule has 15 heteroatoms. The van der Waals surface area contributed by atoms with Crippen LogP contribution in [0.5, 0.6) is 5.75 Å². The Balaban J connectivity index is 0.000000205. The summed E-state index contributed by atoms with van der Waals surface area (Å²) in [6.45, 7) is 8.25. The number of hydrogen-bond donors (Lipinski definition) is 2. The van der Waals surface area contributed by atoms with E-state index in [1.54, 1.807) is 48.2 Å². The van der Waals surface area contributed by atoms with Crippen molar-refractivity contribution in [3.8, 4) is 17.1 Å². The Morgan fingerprint density at radius 2 is 0.889 bits per heavy atom. The summed E-state index contributed by atoms with van der Waals surface area (Å²) in [6, 6.07) is 71.0. The van der Waals surface area contributed by atoms with Gasteiger partial charge in [0.15, 0.2) is 23.0 Å². The summed E-state index contributed by atoms with van der Waals surface area (Å²) in [7, 11) is 5.71. The Bertz CT molecular complexity index is 3970. The fraction of sp³-hybridized carbons (Fsp3) is 0.155. The van der Waals surface area contributed by atoms with Crippen molar-refractivity contribution in [2.75, 3.05) is 55.9 Å². The zero-order valence-electron chi connectivity index (χ0n) is 56.3. The van der Waals surface area contributed by atoms with Gasteiger partial charge in [-0.15, -0.1) is 0 Å². The molecule has 99 heavy (non-hydrogen) atoms. The van der Waals surface area contributed by atoms with E-state index in [4.69, 9.17) is 14.8 Å². The van der Waals surface area contributed by atoms with Gasteiger partial charge >= 0.3 is 0 Å². The molecule has 0 unspecified atom stereocenters. The van der Waals surface area contributed by atoms with Gasteiger partial charge < -0.3 is 25.2 Å². The van der Waals surface area contributed by atoms with Gasteiger partial charge in [0.2, 0.25) is 5.95 Å². The van der Waals surface area contributed by atoms with Crippen molar-refractivity contribution in [3.63, 3.8) is 0 Å². The fourth-order valence-corrected chi connectivity index (χ4v) is 10.8. The number of likely N-dealkylation sites (N-methyl/N-ethyl adjacent to an activating group) is 1. The largest absolute Gasteiger partial charge is 0.494 e. The Kier molecular flexibility index (Phi) is 31.0. The normalized spacial score (nSPS) is 12.4. The fourth-order valence-electron chi connectivity index (χ4n) is 10.8. The molecule has 0 bridgehead atoms. The molecular weight excluding hydrogens is 1410 g/mol. The Hall–Kier alpha value is -10.3. The maximum Gasteiger partial charge on any atom is 0.276 e. The van der Waals surface area contributed by atoms with E-state index in [9.17, 15) is 19.2 Å². The molecule has 2 aromatic heterocycles. The number of allylic oxidation sites excluding steroid dienone is 6. The molecule has 0 atom stereocenters. The molecule has 1 amide bonds. The van der Waals surface area contributed by atoms with Gasteiger partial charge in [0.05, 0.1) is 24.2 Å². The monoisotopic (exact) mass is 1490 g/mol. The van der Waals surface area contributed by atoms with Gasteiger partial charge in [0, 0.05) is 103 Å². The Labute approximate surface area is 609 Å². The maximum atomic E-state index is 13.6. The van der Waals surface area contributed by atoms with E-state index in [-0.39, 0.29) is 64.1 Å². The summed E-state index contributed by atoms with van der Waals surface area (Å²) in [5.41, 5.74) is 15.3. The van der Waals surface area contributed by atoms with Crippen LogP contribution in [0, 0.1) is 0 Å². The van der Waals surface area contributed by atoms with Gasteiger partial charge in [-0.05, 0) is 131 Å². The van der Waals surface area contributed by atoms with E-state index < -0.39 is 0 Å². The van der Waals surface area contributed by atoms with E-state index in [1.165, 1.54) is 0 Å². The molecule has 10 aromatic rings. The number of amides is 1. The van der Waals surface area contributed by atoms with Crippen LogP contribution in [0.3, 0.4) is 0 Å². The smallest absolute Gasteiger partial charge is 0.276 e. The first-order valence-corrected chi connectivity index (χ1v) is 32.7. The van der Waals surface area contributed by atoms with Crippen LogP contribution in [0.2, 0.25) is 0 Å². The molecule has 12 rings (SSSR count). The second-order valence-electron chi connectivity index (χ2n) is 23.0. The molecule has 1 aliphatic carbocycles. The quantitative estimate of drug-likeness (QED) is 0.0554. The number of aromatic nitrogens is 4. The number of aryl methyl sites for hydroxylation is 4. The average Bonchev–Trinajstić information content (AvgIpc) is 1.67. The third-order valence-electron chi connectivity index (χ3n) is 16.1. The van der Waals surface area contributed by atoms with Crippen LogP contribution in [0.1, 0.15) is 80.0 Å². The third kappa shape index (κ3) is 23.7. The number of carbonyl (C=O) groups is 4. The van der Waals surface area contributed by atoms with Crippen LogP contribution in [0.4, 0.5) is 23.0 Å². The van der Waals surface area contributed by atoms with Crippen LogP contribution in [0.25, 0.3) is 47.8 Å². The molecule has 508 valence electrons. The predicted octanol–water partition coefficient (Wildman–Crippen LogP) is 16.8. The van der Waals surface area contributed by atoms with Gasteiger partial charge in [-0.2, -0.15) is 5.10 Å². The molecule has 13 nitrogen and oxygen atoms in total. The second kappa shape index (κ2) is 40.4. The SMILES string of the molecule is CCc1cccc(CC)c1NC(=O)c1nn(C)c2c1CCc1cnc(Nc3ccc(N4CCN(C)CC4)cc3OC)nc1-2.O=C(C=Cc1ccccc1)C=Cc1ccccc1.O=C(C=Cc1ccccc1)C=Cc1ccccc1.O=C(C=Cc1ccccc1)C=Cc1ccccc1.[Pd].[Pd]. The number of para-hydroxylation sites is 1. The van der Waals surface area contributed by atoms with E-state index in [1.807, 2.05) is 238 Å². The molecule has 3 heterocycles. The predicted molar refractivity (Wildman–Crippen MR) is 399 cm³/mol. The minimum atomic E-state index is -0.187. The topological polar surface area (TPSA) is 152 Å². The van der Waals surface area contributed by atoms with Crippen LogP contribution in [-0.4, -0.2) is 88.2 Å². The van der Waals surface area contributed by atoms with Crippen molar-refractivity contribution >= 4 is 82.7 Å². The molecule has 2 N–H and O–H groups in total. The van der Waals surface area contributed by atoms with Crippen LogP contribution < -0.4 is 20.3 Å². The number of nitrogens with zero attached hydrogens (tertiary/aromatic N) is 6. The zero-order valence-corrected chi connectivity index (χ0v) is 59.4. The molecule has 1 aliphatic heterocycles. The number of ether oxygens (including phenoxy) is 1. The number of carbonyl (C=O) groups excluding carboxylic acids is 4. The number of methoxy groups -OCH3 is 1. The average molecular weight is 1500 g/mol. The van der Waals surface area contributed by atoms with Crippen LogP contribution in [-0.2, 0) is 88.0 Å². The number of nitrogens with one attached hydrogen (secondary N) is 2. The second-order valence-corrected chi connectivity index (χ2v) is 23.0. The van der Waals surface area contributed by atoms with Crippen molar-refractivity contribution < 1.29 is 64.8 Å². The summed E-state index contributed by atoms with van der Waals surface area (Å²) in [5, 5.41) is 11.3. The van der Waals surface area contributed by atoms with Gasteiger partial charge in [-0.1, -0.05) is 250 Å². The van der Waals surface area contributed by atoms with Crippen molar-refractivity contribution in [1.29, 1.82) is 0 Å². The molecule has 0 spiro atoms. The maximum absolute atomic E-state index is 13.6. The molecule has 8 aromatic carbocycles. The minimum Gasteiger partial charge on any atom is -0.494 e. The van der Waals surface area contributed by atoms with E-state index in [0.717, 1.165) is 135 Å². The van der Waals surface area contributed by atoms with Gasteiger partial charge in [0.25, 0.3) is 5.91 Å². The minimum absolute atomic E-state index is 0. The number of anilines is 4. The molecule has 0 saturated carbocycles. The van der Waals surface area contributed by atoms with E-state index >= 15 is 0 Å². The number of rotatable bonds is 20. The molecule has 0 radical (unpaired) electrons. The molecule has 1 saturated heterocycles. The number of hydrogen-bond acceptors (Lipinski definition) is 11. The van der Waals surface area contributed by atoms with Crippen molar-refractivity contribution in [2.45, 2.75) is 39.5 Å². The Morgan fingerprint density at radius 1 is 0.495 bits per heavy atom. The standard InChI is InChI=1S/C33H40N8O2.3C17H14O.2Pd/c1-6-21-9-8-10-22(7-2)28(21)36-32(42)30-25-13-11-23-20-34-33(37-29(23)31(25)40(4)38-30)35-26-14-12-24(19-27(26)43-5)41-17-15-39(3)16-18-41;3*18-17(13-11-15-7-3-1-4-8-15)14-12-16-9-5-2-6-10-16;;/h8-10,12,14,19-20H,6-7,11,13,15-18H2,1-5H3,(H,36,42)(H,34,35,37);3*1-14H;;. The summed E-state index contributed by atoms with van der Waals surface area (Å²) < 4.78 is 7.53. The summed E-state index contributed by atoms with van der Waals surface area (Å²) in [4.78, 5) is 62.8. The van der Waals surface area contributed by atoms with E-state index in [2.05, 4.69) is 76.6 Å². The molecule has 2 aliphatic rings. The van der Waals surface area contributed by atoms with Crippen molar-refractivity contribution in [2.24, 2.45) is 7.05 Å². The summed E-state index contributed by atoms with van der Waals surface area (Å²) in [5.74, 6) is 0.979. The summed E-state index contributed by atoms with van der Waals surface area (Å²) >= 11 is 0. The molecular formula is C84H82N8O5Pd2. The van der Waals surface area contributed by atoms with E-state index in [0.29, 0.717) is 18.1 Å². The first-order valence-electron chi connectivity index (χ1n) is 32.7. The number of piperazine rings is 1. The third-order valence-corrected chi connectivity index (χ3v) is 16.1. The van der Waals surface area contributed by atoms with Crippen molar-refractivity contribution in [1.82, 2.24) is 24.6 Å². The Morgan fingerprint density at radius 3 is 1.26 bits per heavy atom. The van der Waals surface area contributed by atoms with Gasteiger partial charge in [0.1, 0.15) is 5.75 Å². The summed E-state index contributed by atoms with van der Waals surface area (Å²) in [6.07, 6.45) is 25.4. The molecule has 1 fully saturated rings. The van der Waals surface area contributed by atoms with Crippen LogP contribution in [0.15, 0.2) is 261 Å². The first kappa shape index (κ1) is 76.0. The van der Waals surface area contributed by atoms with Crippen LogP contribution >= 0.6 is 0 Å². The van der Waals surface area contributed by atoms with Crippen molar-refractivity contribution in [3.05, 3.63) is 322 Å².